The lowest BCUT2D eigenvalue weighted by molar-refractivity contribution is -0.145. The first-order chi connectivity index (χ1) is 19.5. The van der Waals surface area contributed by atoms with Crippen molar-refractivity contribution in [2.45, 2.75) is 63.1 Å². The van der Waals surface area contributed by atoms with Gasteiger partial charge in [-0.15, -0.1) is 10.2 Å². The zero-order valence-corrected chi connectivity index (χ0v) is 24.3. The summed E-state index contributed by atoms with van der Waals surface area (Å²) in [6, 6.07) is 18.3. The van der Waals surface area contributed by atoms with Crippen LogP contribution in [0.2, 0.25) is 0 Å². The second-order valence-electron chi connectivity index (χ2n) is 10.7. The van der Waals surface area contributed by atoms with Crippen LogP contribution in [-0.4, -0.2) is 74.9 Å². The summed E-state index contributed by atoms with van der Waals surface area (Å²) in [4.78, 5) is 29.9. The van der Waals surface area contributed by atoms with Gasteiger partial charge in [0.2, 0.25) is 11.8 Å². The highest BCUT2D eigenvalue weighted by Crippen LogP contribution is 2.29. The van der Waals surface area contributed by atoms with Gasteiger partial charge in [0.1, 0.15) is 11.6 Å². The number of hydrogen-bond acceptors (Lipinski definition) is 6. The standard InChI is InChI=1S/C31H39N5O3S/c1-23-22-34(18-19-35(23)30(38)25-11-6-7-12-25)29(37)13-8-20-40-31-33-32-28(21-24-9-4-3-5-10-24)36(31)26-14-16-27(39-2)17-15-26/h3-5,9-10,14-17,23,25H,6-8,11-13,18-22H2,1-2H3. The highest BCUT2D eigenvalue weighted by atomic mass is 32.2. The minimum atomic E-state index is 0.0752. The van der Waals surface area contributed by atoms with Crippen LogP contribution >= 0.6 is 11.8 Å². The van der Waals surface area contributed by atoms with E-state index < -0.39 is 0 Å². The SMILES string of the molecule is COc1ccc(-n2c(Cc3ccccc3)nnc2SCCCC(=O)N2CCN(C(=O)C3CCCC3)C(C)C2)cc1. The number of benzene rings is 2. The van der Waals surface area contributed by atoms with E-state index in [-0.39, 0.29) is 17.9 Å². The molecule has 40 heavy (non-hydrogen) atoms. The lowest BCUT2D eigenvalue weighted by atomic mass is 10.0. The van der Waals surface area contributed by atoms with E-state index in [2.05, 4.69) is 33.8 Å². The van der Waals surface area contributed by atoms with Crippen LogP contribution in [0.15, 0.2) is 59.8 Å². The number of thioether (sulfide) groups is 1. The van der Waals surface area contributed by atoms with Gasteiger partial charge >= 0.3 is 0 Å². The topological polar surface area (TPSA) is 80.6 Å². The molecule has 1 unspecified atom stereocenters. The summed E-state index contributed by atoms with van der Waals surface area (Å²) < 4.78 is 7.44. The quantitative estimate of drug-likeness (QED) is 0.256. The van der Waals surface area contributed by atoms with Crippen LogP contribution < -0.4 is 4.74 Å². The van der Waals surface area contributed by atoms with E-state index in [4.69, 9.17) is 4.74 Å². The van der Waals surface area contributed by atoms with Gasteiger partial charge in [-0.3, -0.25) is 14.2 Å². The van der Waals surface area contributed by atoms with E-state index in [1.54, 1.807) is 18.9 Å². The number of piperazine rings is 1. The Morgan fingerprint density at radius 2 is 1.75 bits per heavy atom. The fourth-order valence-corrected chi connectivity index (χ4v) is 6.65. The van der Waals surface area contributed by atoms with Crippen LogP contribution in [0, 0.1) is 5.92 Å². The molecule has 1 saturated carbocycles. The first kappa shape index (κ1) is 28.2. The molecule has 2 fully saturated rings. The smallest absolute Gasteiger partial charge is 0.226 e. The molecule has 1 aromatic heterocycles. The van der Waals surface area contributed by atoms with Gasteiger partial charge < -0.3 is 14.5 Å². The predicted octanol–water partition coefficient (Wildman–Crippen LogP) is 4.99. The van der Waals surface area contributed by atoms with Crippen LogP contribution in [0.25, 0.3) is 5.69 Å². The van der Waals surface area contributed by atoms with Crippen molar-refractivity contribution in [2.75, 3.05) is 32.5 Å². The molecule has 1 aliphatic carbocycles. The average molecular weight is 562 g/mol. The minimum Gasteiger partial charge on any atom is -0.497 e. The number of nitrogens with zero attached hydrogens (tertiary/aromatic N) is 5. The molecule has 1 atom stereocenters. The van der Waals surface area contributed by atoms with E-state index in [1.165, 1.54) is 5.56 Å². The molecule has 2 amide bonds. The Hall–Kier alpha value is -3.33. The summed E-state index contributed by atoms with van der Waals surface area (Å²) in [6.07, 6.45) is 6.27. The third kappa shape index (κ3) is 6.69. The predicted molar refractivity (Wildman–Crippen MR) is 157 cm³/mol. The van der Waals surface area contributed by atoms with Crippen molar-refractivity contribution in [1.82, 2.24) is 24.6 Å². The van der Waals surface area contributed by atoms with Gasteiger partial charge in [0.25, 0.3) is 0 Å². The van der Waals surface area contributed by atoms with Crippen LogP contribution in [0.3, 0.4) is 0 Å². The number of carbonyl (C=O) groups excluding carboxylic acids is 2. The van der Waals surface area contributed by atoms with Crippen molar-refractivity contribution in [2.24, 2.45) is 5.92 Å². The van der Waals surface area contributed by atoms with Crippen molar-refractivity contribution in [3.05, 3.63) is 66.0 Å². The number of carbonyl (C=O) groups is 2. The normalized spacial score (nSPS) is 17.8. The molecule has 0 N–H and O–H groups in total. The van der Waals surface area contributed by atoms with Crippen LogP contribution in [0.4, 0.5) is 0 Å². The lowest BCUT2D eigenvalue weighted by Crippen LogP contribution is -2.56. The third-order valence-electron chi connectivity index (χ3n) is 7.97. The van der Waals surface area contributed by atoms with E-state index >= 15 is 0 Å². The van der Waals surface area contributed by atoms with E-state index in [0.29, 0.717) is 38.4 Å². The number of methoxy groups -OCH3 is 1. The largest absolute Gasteiger partial charge is 0.497 e. The Labute approximate surface area is 241 Å². The highest BCUT2D eigenvalue weighted by molar-refractivity contribution is 7.99. The van der Waals surface area contributed by atoms with Crippen LogP contribution in [0.1, 0.15) is 56.8 Å². The van der Waals surface area contributed by atoms with Gasteiger partial charge in [0, 0.05) is 55.9 Å². The van der Waals surface area contributed by atoms with Crippen molar-refractivity contribution < 1.29 is 14.3 Å². The van der Waals surface area contributed by atoms with Gasteiger partial charge in [-0.05, 0) is 56.0 Å². The third-order valence-corrected chi connectivity index (χ3v) is 8.99. The number of hydrogen-bond donors (Lipinski definition) is 0. The Kier molecular flexibility index (Phi) is 9.41. The summed E-state index contributed by atoms with van der Waals surface area (Å²) in [6.45, 7) is 3.97. The summed E-state index contributed by atoms with van der Waals surface area (Å²) in [7, 11) is 1.66. The molecular formula is C31H39N5O3S. The molecule has 0 radical (unpaired) electrons. The highest BCUT2D eigenvalue weighted by Gasteiger charge is 2.34. The zero-order valence-electron chi connectivity index (χ0n) is 23.5. The molecule has 0 bridgehead atoms. The van der Waals surface area contributed by atoms with E-state index in [1.807, 2.05) is 52.3 Å². The number of ether oxygens (including phenoxy) is 1. The van der Waals surface area contributed by atoms with Gasteiger partial charge in [0.15, 0.2) is 5.16 Å². The van der Waals surface area contributed by atoms with Crippen molar-refractivity contribution in [1.29, 1.82) is 0 Å². The maximum absolute atomic E-state index is 13.0. The van der Waals surface area contributed by atoms with Crippen LogP contribution in [-0.2, 0) is 16.0 Å². The molecule has 1 aliphatic heterocycles. The van der Waals surface area contributed by atoms with Gasteiger partial charge in [-0.2, -0.15) is 0 Å². The second-order valence-corrected chi connectivity index (χ2v) is 11.8. The molecule has 212 valence electrons. The second kappa shape index (κ2) is 13.4. The van der Waals surface area contributed by atoms with Crippen molar-refractivity contribution in [3.8, 4) is 11.4 Å². The molecule has 9 heteroatoms. The van der Waals surface area contributed by atoms with Crippen molar-refractivity contribution in [3.63, 3.8) is 0 Å². The monoisotopic (exact) mass is 561 g/mol. The lowest BCUT2D eigenvalue weighted by Gasteiger charge is -2.41. The fraction of sp³-hybridized carbons (Fsp3) is 0.484. The molecule has 2 heterocycles. The molecule has 0 spiro atoms. The molecule has 2 aromatic carbocycles. The Bertz CT molecular complexity index is 1270. The first-order valence-corrected chi connectivity index (χ1v) is 15.4. The van der Waals surface area contributed by atoms with E-state index in [9.17, 15) is 9.59 Å². The van der Waals surface area contributed by atoms with Crippen LogP contribution in [0.5, 0.6) is 5.75 Å². The molecule has 3 aromatic rings. The fourth-order valence-electron chi connectivity index (χ4n) is 5.74. The zero-order chi connectivity index (χ0) is 27.9. The van der Waals surface area contributed by atoms with Gasteiger partial charge in [-0.25, -0.2) is 0 Å². The Balaban J connectivity index is 1.16. The Morgan fingerprint density at radius 1 is 1.00 bits per heavy atom. The summed E-state index contributed by atoms with van der Waals surface area (Å²) in [5.74, 6) is 3.08. The summed E-state index contributed by atoms with van der Waals surface area (Å²) in [5, 5.41) is 9.86. The number of aromatic nitrogens is 3. The van der Waals surface area contributed by atoms with Gasteiger partial charge in [0.05, 0.1) is 7.11 Å². The number of rotatable bonds is 10. The first-order valence-electron chi connectivity index (χ1n) is 14.4. The number of amides is 2. The molecule has 1 saturated heterocycles. The average Bonchev–Trinajstić information content (AvgIpc) is 3.66. The molecule has 5 rings (SSSR count). The summed E-state index contributed by atoms with van der Waals surface area (Å²) >= 11 is 1.63. The molecular weight excluding hydrogens is 522 g/mol. The summed E-state index contributed by atoms with van der Waals surface area (Å²) in [5.41, 5.74) is 2.15. The maximum atomic E-state index is 13.0. The maximum Gasteiger partial charge on any atom is 0.226 e. The molecule has 2 aliphatic rings. The van der Waals surface area contributed by atoms with Gasteiger partial charge in [-0.1, -0.05) is 54.9 Å². The van der Waals surface area contributed by atoms with E-state index in [0.717, 1.165) is 60.3 Å². The minimum absolute atomic E-state index is 0.0752. The van der Waals surface area contributed by atoms with Crippen molar-refractivity contribution >= 4 is 23.6 Å². The Morgan fingerprint density at radius 3 is 2.45 bits per heavy atom. The molecule has 8 nitrogen and oxygen atoms in total.